The summed E-state index contributed by atoms with van der Waals surface area (Å²) < 4.78 is 1.45. The van der Waals surface area contributed by atoms with Gasteiger partial charge in [-0.15, -0.1) is 11.8 Å². The van der Waals surface area contributed by atoms with Crippen LogP contribution in [0.25, 0.3) is 0 Å². The van der Waals surface area contributed by atoms with Gasteiger partial charge in [0, 0.05) is 20.7 Å². The van der Waals surface area contributed by atoms with Crippen molar-refractivity contribution in [3.8, 4) is 0 Å². The summed E-state index contributed by atoms with van der Waals surface area (Å²) in [6.45, 7) is 3.09. The fourth-order valence-electron chi connectivity index (χ4n) is 2.25. The van der Waals surface area contributed by atoms with E-state index in [2.05, 4.69) is 47.1 Å². The lowest BCUT2D eigenvalue weighted by Crippen LogP contribution is -2.45. The van der Waals surface area contributed by atoms with Crippen LogP contribution in [0.1, 0.15) is 19.8 Å². The lowest BCUT2D eigenvalue weighted by molar-refractivity contribution is 0.257. The molecule has 0 spiro atoms. The van der Waals surface area contributed by atoms with Crippen LogP contribution >= 0.6 is 27.7 Å². The first kappa shape index (κ1) is 11.5. The number of hydrogen-bond acceptors (Lipinski definition) is 2. The van der Waals surface area contributed by atoms with Crippen molar-refractivity contribution < 1.29 is 0 Å². The van der Waals surface area contributed by atoms with E-state index in [9.17, 15) is 0 Å². The molecular formula is C12H16BrNS. The van der Waals surface area contributed by atoms with E-state index < -0.39 is 0 Å². The molecule has 1 aromatic carbocycles. The quantitative estimate of drug-likeness (QED) is 0.917. The fraction of sp³-hybridized carbons (Fsp3) is 0.500. The molecule has 2 N–H and O–H groups in total. The van der Waals surface area contributed by atoms with Crippen molar-refractivity contribution >= 4 is 27.7 Å². The molecule has 0 bridgehead atoms. The van der Waals surface area contributed by atoms with Crippen molar-refractivity contribution in [2.24, 2.45) is 11.7 Å². The van der Waals surface area contributed by atoms with Gasteiger partial charge in [-0.1, -0.05) is 22.9 Å². The van der Waals surface area contributed by atoms with Gasteiger partial charge in [-0.3, -0.25) is 0 Å². The van der Waals surface area contributed by atoms with E-state index in [4.69, 9.17) is 5.73 Å². The number of hydrogen-bond donors (Lipinski definition) is 1. The van der Waals surface area contributed by atoms with Crippen LogP contribution in [-0.2, 0) is 0 Å². The van der Waals surface area contributed by atoms with Gasteiger partial charge < -0.3 is 5.73 Å². The van der Waals surface area contributed by atoms with Crippen molar-refractivity contribution in [3.63, 3.8) is 0 Å². The molecule has 0 heterocycles. The zero-order chi connectivity index (χ0) is 10.9. The van der Waals surface area contributed by atoms with Crippen molar-refractivity contribution in [1.29, 1.82) is 0 Å². The third-order valence-electron chi connectivity index (χ3n) is 2.96. The van der Waals surface area contributed by atoms with E-state index in [1.165, 1.54) is 17.7 Å². The Morgan fingerprint density at radius 1 is 1.40 bits per heavy atom. The molecule has 82 valence electrons. The summed E-state index contributed by atoms with van der Waals surface area (Å²) in [6.07, 6.45) is 2.51. The minimum absolute atomic E-state index is 0.313. The van der Waals surface area contributed by atoms with Gasteiger partial charge in [0.15, 0.2) is 0 Å². The fourth-order valence-corrected chi connectivity index (χ4v) is 4.11. The third kappa shape index (κ3) is 2.58. The molecule has 0 aliphatic heterocycles. The average Bonchev–Trinajstić information content (AvgIpc) is 2.18. The van der Waals surface area contributed by atoms with Crippen molar-refractivity contribution in [2.75, 3.05) is 6.54 Å². The van der Waals surface area contributed by atoms with Gasteiger partial charge in [0.2, 0.25) is 0 Å². The first-order valence-electron chi connectivity index (χ1n) is 5.28. The van der Waals surface area contributed by atoms with E-state index >= 15 is 0 Å². The summed E-state index contributed by atoms with van der Waals surface area (Å²) in [7, 11) is 0. The first-order chi connectivity index (χ1) is 7.13. The maximum absolute atomic E-state index is 5.88. The predicted octanol–water partition coefficient (Wildman–Crippen LogP) is 3.67. The van der Waals surface area contributed by atoms with Crippen LogP contribution in [-0.4, -0.2) is 11.3 Å². The van der Waals surface area contributed by atoms with E-state index in [-0.39, 0.29) is 0 Å². The maximum atomic E-state index is 5.88. The molecule has 15 heavy (non-hydrogen) atoms. The minimum atomic E-state index is 0.313. The van der Waals surface area contributed by atoms with Gasteiger partial charge in [0.05, 0.1) is 0 Å². The summed E-state index contributed by atoms with van der Waals surface area (Å²) >= 11 is 5.39. The Kier molecular flexibility index (Phi) is 3.43. The molecule has 0 unspecified atom stereocenters. The van der Waals surface area contributed by atoms with Crippen LogP contribution in [0.4, 0.5) is 0 Å². The molecule has 1 aromatic rings. The molecule has 1 fully saturated rings. The van der Waals surface area contributed by atoms with Gasteiger partial charge in [-0.25, -0.2) is 0 Å². The molecule has 1 aliphatic rings. The SMILES string of the molecule is CC1CC(CN)(Sc2ccc(Br)cc2)C1. The van der Waals surface area contributed by atoms with Crippen LogP contribution in [0.5, 0.6) is 0 Å². The van der Waals surface area contributed by atoms with E-state index in [1.807, 2.05) is 11.8 Å². The predicted molar refractivity (Wildman–Crippen MR) is 70.2 cm³/mol. The van der Waals surface area contributed by atoms with E-state index in [0.29, 0.717) is 4.75 Å². The monoisotopic (exact) mass is 285 g/mol. The highest BCUT2D eigenvalue weighted by molar-refractivity contribution is 9.10. The van der Waals surface area contributed by atoms with Crippen LogP contribution < -0.4 is 5.73 Å². The van der Waals surface area contributed by atoms with Gasteiger partial charge in [0.1, 0.15) is 0 Å². The van der Waals surface area contributed by atoms with Crippen LogP contribution in [0.15, 0.2) is 33.6 Å². The standard InChI is InChI=1S/C12H16BrNS/c1-9-6-12(7-9,8-14)15-11-4-2-10(13)3-5-11/h2-5,9H,6-8,14H2,1H3. The van der Waals surface area contributed by atoms with Gasteiger partial charge in [0.25, 0.3) is 0 Å². The molecule has 0 amide bonds. The Bertz CT molecular complexity index is 330. The maximum Gasteiger partial charge on any atom is 0.0334 e. The second kappa shape index (κ2) is 4.48. The zero-order valence-corrected chi connectivity index (χ0v) is 11.3. The molecule has 3 heteroatoms. The number of thioether (sulfide) groups is 1. The minimum Gasteiger partial charge on any atom is -0.329 e. The Morgan fingerprint density at radius 2 is 2.00 bits per heavy atom. The first-order valence-corrected chi connectivity index (χ1v) is 6.89. The number of rotatable bonds is 3. The van der Waals surface area contributed by atoms with Gasteiger partial charge in [-0.05, 0) is 43.0 Å². The topological polar surface area (TPSA) is 26.0 Å². The van der Waals surface area contributed by atoms with E-state index in [1.54, 1.807) is 0 Å². The Hall–Kier alpha value is 0.01000. The highest BCUT2D eigenvalue weighted by Gasteiger charge is 2.41. The molecular weight excluding hydrogens is 270 g/mol. The summed E-state index contributed by atoms with van der Waals surface area (Å²) in [6, 6.07) is 8.51. The van der Waals surface area contributed by atoms with E-state index in [0.717, 1.165) is 16.9 Å². The van der Waals surface area contributed by atoms with Crippen molar-refractivity contribution in [3.05, 3.63) is 28.7 Å². The highest BCUT2D eigenvalue weighted by atomic mass is 79.9. The van der Waals surface area contributed by atoms with Gasteiger partial charge in [-0.2, -0.15) is 0 Å². The second-order valence-corrected chi connectivity index (χ2v) is 6.91. The summed E-state index contributed by atoms with van der Waals surface area (Å²) in [4.78, 5) is 1.33. The molecule has 0 aromatic heterocycles. The molecule has 0 atom stereocenters. The molecule has 0 saturated heterocycles. The normalized spacial score (nSPS) is 29.9. The molecule has 1 nitrogen and oxygen atoms in total. The smallest absolute Gasteiger partial charge is 0.0334 e. The molecule has 2 rings (SSSR count). The highest BCUT2D eigenvalue weighted by Crippen LogP contribution is 2.50. The largest absolute Gasteiger partial charge is 0.329 e. The molecule has 1 aliphatic carbocycles. The lowest BCUT2D eigenvalue weighted by Gasteiger charge is -2.45. The van der Waals surface area contributed by atoms with Crippen LogP contribution in [0.3, 0.4) is 0 Å². The molecule has 1 saturated carbocycles. The Labute approximate surface area is 104 Å². The molecule has 0 radical (unpaired) electrons. The summed E-state index contributed by atoms with van der Waals surface area (Å²) in [5.41, 5.74) is 5.88. The van der Waals surface area contributed by atoms with Crippen LogP contribution in [0, 0.1) is 5.92 Å². The summed E-state index contributed by atoms with van der Waals surface area (Å²) in [5, 5.41) is 0. The van der Waals surface area contributed by atoms with Gasteiger partial charge >= 0.3 is 0 Å². The number of benzene rings is 1. The van der Waals surface area contributed by atoms with Crippen molar-refractivity contribution in [2.45, 2.75) is 29.4 Å². The lowest BCUT2D eigenvalue weighted by atomic mass is 9.75. The number of nitrogens with two attached hydrogens (primary N) is 1. The number of halogens is 1. The third-order valence-corrected chi connectivity index (χ3v) is 4.93. The Balaban J connectivity index is 2.04. The summed E-state index contributed by atoms with van der Waals surface area (Å²) in [5.74, 6) is 0.844. The zero-order valence-electron chi connectivity index (χ0n) is 8.87. The Morgan fingerprint density at radius 3 is 2.47 bits per heavy atom. The van der Waals surface area contributed by atoms with Crippen molar-refractivity contribution in [1.82, 2.24) is 0 Å². The second-order valence-electron chi connectivity index (χ2n) is 4.46. The average molecular weight is 286 g/mol. The van der Waals surface area contributed by atoms with Crippen LogP contribution in [0.2, 0.25) is 0 Å².